The van der Waals surface area contributed by atoms with Gasteiger partial charge in [0.15, 0.2) is 0 Å². The third-order valence-corrected chi connectivity index (χ3v) is 2.77. The van der Waals surface area contributed by atoms with E-state index in [1.54, 1.807) is 32.4 Å². The molecule has 0 radical (unpaired) electrons. The van der Waals surface area contributed by atoms with E-state index in [-0.39, 0.29) is 5.28 Å². The Morgan fingerprint density at radius 1 is 1.10 bits per heavy atom. The van der Waals surface area contributed by atoms with E-state index >= 15 is 0 Å². The second-order valence-corrected chi connectivity index (χ2v) is 4.31. The van der Waals surface area contributed by atoms with Gasteiger partial charge in [0, 0.05) is 12.6 Å². The van der Waals surface area contributed by atoms with E-state index in [0.29, 0.717) is 35.6 Å². The van der Waals surface area contributed by atoms with Gasteiger partial charge in [-0.1, -0.05) is 0 Å². The van der Waals surface area contributed by atoms with E-state index in [1.165, 1.54) is 0 Å². The highest BCUT2D eigenvalue weighted by molar-refractivity contribution is 6.28. The van der Waals surface area contributed by atoms with Crippen LogP contribution >= 0.6 is 11.6 Å². The van der Waals surface area contributed by atoms with Crippen molar-refractivity contribution in [1.29, 1.82) is 0 Å². The van der Waals surface area contributed by atoms with Crippen LogP contribution in [0.15, 0.2) is 18.2 Å². The van der Waals surface area contributed by atoms with Crippen molar-refractivity contribution < 1.29 is 9.47 Å². The predicted octanol–water partition coefficient (Wildman–Crippen LogP) is 2.72. The summed E-state index contributed by atoms with van der Waals surface area (Å²) in [4.78, 5) is 12.2. The molecule has 0 unspecified atom stereocenters. The van der Waals surface area contributed by atoms with Crippen LogP contribution in [0.25, 0.3) is 0 Å². The number of halogens is 1. The summed E-state index contributed by atoms with van der Waals surface area (Å²) in [5, 5.41) is 6.13. The first-order chi connectivity index (χ1) is 10.2. The van der Waals surface area contributed by atoms with Crippen LogP contribution in [0.1, 0.15) is 6.92 Å². The third-order valence-electron chi connectivity index (χ3n) is 2.60. The number of hydrogen-bond donors (Lipinski definition) is 2. The van der Waals surface area contributed by atoms with Gasteiger partial charge < -0.3 is 20.1 Å². The number of methoxy groups -OCH3 is 2. The highest BCUT2D eigenvalue weighted by Gasteiger charge is 2.09. The Bertz CT molecular complexity index is 624. The first-order valence-corrected chi connectivity index (χ1v) is 6.68. The fraction of sp³-hybridized carbons (Fsp3) is 0.308. The van der Waals surface area contributed by atoms with E-state index in [1.807, 2.05) is 6.92 Å². The highest BCUT2D eigenvalue weighted by atomic mass is 35.5. The summed E-state index contributed by atoms with van der Waals surface area (Å²) in [7, 11) is 3.17. The van der Waals surface area contributed by atoms with E-state index in [0.717, 1.165) is 0 Å². The highest BCUT2D eigenvalue weighted by Crippen LogP contribution is 2.30. The summed E-state index contributed by atoms with van der Waals surface area (Å²) in [6.45, 7) is 2.62. The summed E-state index contributed by atoms with van der Waals surface area (Å²) in [6.07, 6.45) is 0. The van der Waals surface area contributed by atoms with E-state index in [2.05, 4.69) is 25.6 Å². The van der Waals surface area contributed by atoms with Crippen LogP contribution in [0.4, 0.5) is 17.6 Å². The molecule has 0 aliphatic heterocycles. The minimum absolute atomic E-state index is 0.102. The maximum absolute atomic E-state index is 5.89. The van der Waals surface area contributed by atoms with Gasteiger partial charge in [-0.15, -0.1) is 0 Å². The molecule has 0 amide bonds. The van der Waals surface area contributed by atoms with Crippen molar-refractivity contribution >= 4 is 29.2 Å². The largest absolute Gasteiger partial charge is 0.497 e. The summed E-state index contributed by atoms with van der Waals surface area (Å²) in [6, 6.07) is 5.37. The molecule has 8 heteroatoms. The van der Waals surface area contributed by atoms with Gasteiger partial charge in [-0.3, -0.25) is 0 Å². The standard InChI is InChI=1S/C13H16ClN5O2/c1-4-15-12-17-11(14)18-13(19-12)16-9-7-8(20-2)5-6-10(9)21-3/h5-7H,4H2,1-3H3,(H2,15,16,17,18,19). The lowest BCUT2D eigenvalue weighted by molar-refractivity contribution is 0.405. The predicted molar refractivity (Wildman–Crippen MR) is 81.8 cm³/mol. The molecule has 1 aromatic heterocycles. The number of anilines is 3. The molecule has 7 nitrogen and oxygen atoms in total. The summed E-state index contributed by atoms with van der Waals surface area (Å²) in [5.41, 5.74) is 0.668. The Hall–Kier alpha value is -2.28. The maximum atomic E-state index is 5.89. The fourth-order valence-electron chi connectivity index (χ4n) is 1.68. The Balaban J connectivity index is 2.32. The first-order valence-electron chi connectivity index (χ1n) is 6.30. The second kappa shape index (κ2) is 6.94. The molecule has 0 bridgehead atoms. The normalized spacial score (nSPS) is 10.1. The van der Waals surface area contributed by atoms with Crippen molar-refractivity contribution in [1.82, 2.24) is 15.0 Å². The molecular formula is C13H16ClN5O2. The van der Waals surface area contributed by atoms with Gasteiger partial charge in [-0.25, -0.2) is 0 Å². The van der Waals surface area contributed by atoms with E-state index in [4.69, 9.17) is 21.1 Å². The molecule has 1 heterocycles. The number of ether oxygens (including phenoxy) is 2. The van der Waals surface area contributed by atoms with Crippen molar-refractivity contribution in [3.8, 4) is 11.5 Å². The molecule has 2 aromatic rings. The SMILES string of the molecule is CCNc1nc(Cl)nc(Nc2cc(OC)ccc2OC)n1. The van der Waals surface area contributed by atoms with Gasteiger partial charge in [-0.05, 0) is 30.7 Å². The van der Waals surface area contributed by atoms with E-state index < -0.39 is 0 Å². The molecule has 112 valence electrons. The van der Waals surface area contributed by atoms with Crippen molar-refractivity contribution in [3.63, 3.8) is 0 Å². The van der Waals surface area contributed by atoms with Crippen LogP contribution < -0.4 is 20.1 Å². The number of hydrogen-bond acceptors (Lipinski definition) is 7. The smallest absolute Gasteiger partial charge is 0.233 e. The lowest BCUT2D eigenvalue weighted by atomic mass is 10.2. The average molecular weight is 310 g/mol. The molecule has 0 aliphatic carbocycles. The zero-order chi connectivity index (χ0) is 15.2. The molecule has 1 aromatic carbocycles. The molecule has 2 rings (SSSR count). The van der Waals surface area contributed by atoms with Gasteiger partial charge in [-0.2, -0.15) is 15.0 Å². The third kappa shape index (κ3) is 3.85. The zero-order valence-electron chi connectivity index (χ0n) is 12.0. The topological polar surface area (TPSA) is 81.2 Å². The number of nitrogens with zero attached hydrogens (tertiary/aromatic N) is 3. The fourth-order valence-corrected chi connectivity index (χ4v) is 1.84. The lowest BCUT2D eigenvalue weighted by Crippen LogP contribution is -2.07. The van der Waals surface area contributed by atoms with Crippen molar-refractivity contribution in [2.24, 2.45) is 0 Å². The quantitative estimate of drug-likeness (QED) is 0.849. The Morgan fingerprint density at radius 3 is 2.52 bits per heavy atom. The minimum atomic E-state index is 0.102. The number of nitrogens with one attached hydrogen (secondary N) is 2. The van der Waals surface area contributed by atoms with Crippen LogP contribution in [0, 0.1) is 0 Å². The Morgan fingerprint density at radius 2 is 1.86 bits per heavy atom. The summed E-state index contributed by atoms with van der Waals surface area (Å²) >= 11 is 5.89. The van der Waals surface area contributed by atoms with Crippen molar-refractivity contribution in [2.75, 3.05) is 31.4 Å². The molecule has 2 N–H and O–H groups in total. The van der Waals surface area contributed by atoms with Gasteiger partial charge in [0.2, 0.25) is 17.2 Å². The van der Waals surface area contributed by atoms with Gasteiger partial charge in [0.1, 0.15) is 11.5 Å². The minimum Gasteiger partial charge on any atom is -0.497 e. The maximum Gasteiger partial charge on any atom is 0.233 e. The van der Waals surface area contributed by atoms with Gasteiger partial charge in [0.25, 0.3) is 0 Å². The molecule has 21 heavy (non-hydrogen) atoms. The first kappa shape index (κ1) is 15.1. The molecule has 0 saturated heterocycles. The van der Waals surface area contributed by atoms with Crippen LogP contribution in [0.5, 0.6) is 11.5 Å². The lowest BCUT2D eigenvalue weighted by Gasteiger charge is -2.12. The Kier molecular flexibility index (Phi) is 4.99. The van der Waals surface area contributed by atoms with Crippen LogP contribution in [-0.4, -0.2) is 35.7 Å². The van der Waals surface area contributed by atoms with Crippen LogP contribution in [0.3, 0.4) is 0 Å². The summed E-state index contributed by atoms with van der Waals surface area (Å²) in [5.74, 6) is 2.04. The number of aromatic nitrogens is 3. The summed E-state index contributed by atoms with van der Waals surface area (Å²) < 4.78 is 10.5. The van der Waals surface area contributed by atoms with Gasteiger partial charge >= 0.3 is 0 Å². The van der Waals surface area contributed by atoms with Crippen molar-refractivity contribution in [2.45, 2.75) is 6.92 Å². The monoisotopic (exact) mass is 309 g/mol. The van der Waals surface area contributed by atoms with Crippen LogP contribution in [-0.2, 0) is 0 Å². The molecule has 0 saturated carbocycles. The number of benzene rings is 1. The molecular weight excluding hydrogens is 294 g/mol. The zero-order valence-corrected chi connectivity index (χ0v) is 12.7. The molecule has 0 atom stereocenters. The second-order valence-electron chi connectivity index (χ2n) is 3.97. The van der Waals surface area contributed by atoms with Gasteiger partial charge in [0.05, 0.1) is 19.9 Å². The molecule has 0 spiro atoms. The van der Waals surface area contributed by atoms with Crippen molar-refractivity contribution in [3.05, 3.63) is 23.5 Å². The molecule has 0 fully saturated rings. The average Bonchev–Trinajstić information content (AvgIpc) is 2.47. The molecule has 0 aliphatic rings. The van der Waals surface area contributed by atoms with E-state index in [9.17, 15) is 0 Å². The number of rotatable bonds is 6. The van der Waals surface area contributed by atoms with Crippen LogP contribution in [0.2, 0.25) is 5.28 Å². The Labute approximate surface area is 127 Å².